The third kappa shape index (κ3) is 7.66. The molecule has 0 bridgehead atoms. The largest absolute Gasteiger partial charge is 0.497 e. The molecule has 2 rings (SSSR count). The van der Waals surface area contributed by atoms with Crippen molar-refractivity contribution in [3.8, 4) is 5.75 Å². The Morgan fingerprint density at radius 2 is 1.86 bits per heavy atom. The van der Waals surface area contributed by atoms with Crippen LogP contribution < -0.4 is 4.74 Å². The Balaban J connectivity index is 2.04. The zero-order valence-corrected chi connectivity index (χ0v) is 16.4. The number of ether oxygens (including phenoxy) is 2. The summed E-state index contributed by atoms with van der Waals surface area (Å²) in [4.78, 5) is 13.5. The summed E-state index contributed by atoms with van der Waals surface area (Å²) < 4.78 is 23.6. The third-order valence-corrected chi connectivity index (χ3v) is 4.22. The molecule has 28 heavy (non-hydrogen) atoms. The first-order chi connectivity index (χ1) is 13.5. The first-order valence-electron chi connectivity index (χ1n) is 9.43. The number of nitrogens with zero attached hydrogens (tertiary/aromatic N) is 1. The Hall–Kier alpha value is -2.44. The zero-order chi connectivity index (χ0) is 20.4. The quantitative estimate of drug-likeness (QED) is 0.596. The van der Waals surface area contributed by atoms with Crippen LogP contribution in [0.1, 0.15) is 30.9 Å². The number of aliphatic hydroxyl groups is 1. The van der Waals surface area contributed by atoms with Crippen molar-refractivity contribution < 1.29 is 23.8 Å². The molecule has 1 unspecified atom stereocenters. The number of hydrogen-bond donors (Lipinski definition) is 1. The molecule has 0 saturated carbocycles. The van der Waals surface area contributed by atoms with Gasteiger partial charge in [-0.25, -0.2) is 4.39 Å². The Morgan fingerprint density at radius 3 is 2.54 bits per heavy atom. The average molecular weight is 389 g/mol. The van der Waals surface area contributed by atoms with Crippen molar-refractivity contribution in [3.63, 3.8) is 0 Å². The van der Waals surface area contributed by atoms with Crippen LogP contribution >= 0.6 is 0 Å². The molecule has 0 saturated heterocycles. The van der Waals surface area contributed by atoms with Crippen molar-refractivity contribution in [1.29, 1.82) is 0 Å². The van der Waals surface area contributed by atoms with Gasteiger partial charge in [-0.3, -0.25) is 9.69 Å². The highest BCUT2D eigenvalue weighted by Crippen LogP contribution is 2.16. The maximum atomic E-state index is 13.2. The number of benzene rings is 2. The minimum Gasteiger partial charge on any atom is -0.497 e. The highest BCUT2D eigenvalue weighted by molar-refractivity contribution is 5.69. The van der Waals surface area contributed by atoms with Crippen LogP contribution in [-0.4, -0.2) is 42.3 Å². The Labute approximate surface area is 165 Å². The molecule has 0 fully saturated rings. The van der Waals surface area contributed by atoms with Gasteiger partial charge in [-0.15, -0.1) is 0 Å². The fourth-order valence-corrected chi connectivity index (χ4v) is 2.88. The zero-order valence-electron chi connectivity index (χ0n) is 16.4. The van der Waals surface area contributed by atoms with Crippen LogP contribution in [0.25, 0.3) is 0 Å². The van der Waals surface area contributed by atoms with Crippen LogP contribution in [0, 0.1) is 5.82 Å². The Kier molecular flexibility index (Phi) is 8.91. The van der Waals surface area contributed by atoms with Gasteiger partial charge in [0.25, 0.3) is 0 Å². The van der Waals surface area contributed by atoms with Gasteiger partial charge >= 0.3 is 5.97 Å². The number of aliphatic hydroxyl groups excluding tert-OH is 1. The van der Waals surface area contributed by atoms with E-state index in [4.69, 9.17) is 9.47 Å². The number of carbonyl (C=O) groups is 1. The van der Waals surface area contributed by atoms with E-state index in [9.17, 15) is 14.3 Å². The fraction of sp³-hybridized carbons (Fsp3) is 0.409. The molecule has 0 spiro atoms. The second kappa shape index (κ2) is 11.4. The van der Waals surface area contributed by atoms with E-state index in [0.29, 0.717) is 32.5 Å². The molecule has 5 nitrogen and oxygen atoms in total. The van der Waals surface area contributed by atoms with Crippen LogP contribution in [0.4, 0.5) is 4.39 Å². The molecule has 0 amide bonds. The molecule has 0 radical (unpaired) electrons. The van der Waals surface area contributed by atoms with Crippen molar-refractivity contribution >= 4 is 5.97 Å². The summed E-state index contributed by atoms with van der Waals surface area (Å²) in [6.07, 6.45) is 0.240. The normalized spacial score (nSPS) is 12.0. The van der Waals surface area contributed by atoms with Crippen molar-refractivity contribution in [2.24, 2.45) is 0 Å². The molecule has 6 heteroatoms. The minimum absolute atomic E-state index is 0.0448. The molecule has 0 aromatic heterocycles. The van der Waals surface area contributed by atoms with E-state index in [2.05, 4.69) is 0 Å². The molecule has 0 heterocycles. The van der Waals surface area contributed by atoms with Crippen molar-refractivity contribution in [2.75, 3.05) is 20.3 Å². The number of rotatable bonds is 11. The van der Waals surface area contributed by atoms with E-state index in [1.807, 2.05) is 36.1 Å². The maximum absolute atomic E-state index is 13.2. The topological polar surface area (TPSA) is 59.0 Å². The van der Waals surface area contributed by atoms with E-state index >= 15 is 0 Å². The lowest BCUT2D eigenvalue weighted by Gasteiger charge is -2.25. The second-order valence-electron chi connectivity index (χ2n) is 6.73. The second-order valence-corrected chi connectivity index (χ2v) is 6.73. The molecule has 2 aromatic rings. The van der Waals surface area contributed by atoms with Gasteiger partial charge in [-0.2, -0.15) is 0 Å². The number of methoxy groups -OCH3 is 1. The number of carbonyl (C=O) groups excluding carboxylic acids is 1. The molecule has 0 aliphatic heterocycles. The van der Waals surface area contributed by atoms with Gasteiger partial charge in [-0.1, -0.05) is 31.2 Å². The van der Waals surface area contributed by atoms with E-state index in [-0.39, 0.29) is 18.4 Å². The van der Waals surface area contributed by atoms with Gasteiger partial charge in [0.15, 0.2) is 0 Å². The highest BCUT2D eigenvalue weighted by Gasteiger charge is 2.15. The van der Waals surface area contributed by atoms with Crippen LogP contribution in [0.3, 0.4) is 0 Å². The van der Waals surface area contributed by atoms with E-state index in [0.717, 1.165) is 16.9 Å². The van der Waals surface area contributed by atoms with Crippen LogP contribution in [0.15, 0.2) is 48.5 Å². The lowest BCUT2D eigenvalue weighted by Crippen LogP contribution is -2.34. The first kappa shape index (κ1) is 21.9. The molecule has 1 atom stereocenters. The monoisotopic (exact) mass is 389 g/mol. The van der Waals surface area contributed by atoms with Gasteiger partial charge in [0.2, 0.25) is 0 Å². The standard InChI is InChI=1S/C22H28FNO4/c1-3-5-22(26)28-16-20(25)15-24(13-17-8-10-19(23)11-9-17)14-18-6-4-7-21(12-18)27-2/h4,6-12,20,25H,3,5,13-16H2,1-2H3. The summed E-state index contributed by atoms with van der Waals surface area (Å²) in [5.41, 5.74) is 1.95. The Morgan fingerprint density at radius 1 is 1.14 bits per heavy atom. The van der Waals surface area contributed by atoms with Crippen LogP contribution in [-0.2, 0) is 22.6 Å². The number of halogens is 1. The van der Waals surface area contributed by atoms with Gasteiger partial charge in [0.05, 0.1) is 7.11 Å². The number of esters is 1. The maximum Gasteiger partial charge on any atom is 0.305 e. The van der Waals surface area contributed by atoms with Gasteiger partial charge in [0, 0.05) is 26.1 Å². The summed E-state index contributed by atoms with van der Waals surface area (Å²) in [7, 11) is 1.61. The SMILES string of the molecule is CCCC(=O)OCC(O)CN(Cc1ccc(F)cc1)Cc1cccc(OC)c1. The summed E-state index contributed by atoms with van der Waals surface area (Å²) in [5, 5.41) is 10.3. The van der Waals surface area contributed by atoms with Crippen molar-refractivity contribution in [2.45, 2.75) is 39.0 Å². The lowest BCUT2D eigenvalue weighted by molar-refractivity contribution is -0.147. The van der Waals surface area contributed by atoms with Gasteiger partial charge in [-0.05, 0) is 41.8 Å². The predicted octanol–water partition coefficient (Wildman–Crippen LogP) is 3.54. The minimum atomic E-state index is -0.813. The van der Waals surface area contributed by atoms with Gasteiger partial charge in [0.1, 0.15) is 24.3 Å². The predicted molar refractivity (Wildman–Crippen MR) is 105 cm³/mol. The van der Waals surface area contributed by atoms with Crippen LogP contribution in [0.5, 0.6) is 5.75 Å². The third-order valence-electron chi connectivity index (χ3n) is 4.22. The fourth-order valence-electron chi connectivity index (χ4n) is 2.88. The summed E-state index contributed by atoms with van der Waals surface area (Å²) in [6, 6.07) is 14.0. The summed E-state index contributed by atoms with van der Waals surface area (Å²) >= 11 is 0. The van der Waals surface area contributed by atoms with Crippen molar-refractivity contribution in [1.82, 2.24) is 4.90 Å². The summed E-state index contributed by atoms with van der Waals surface area (Å²) in [6.45, 7) is 3.26. The van der Waals surface area contributed by atoms with E-state index in [1.54, 1.807) is 19.2 Å². The highest BCUT2D eigenvalue weighted by atomic mass is 19.1. The van der Waals surface area contributed by atoms with Gasteiger partial charge < -0.3 is 14.6 Å². The first-order valence-corrected chi connectivity index (χ1v) is 9.43. The lowest BCUT2D eigenvalue weighted by atomic mass is 10.1. The average Bonchev–Trinajstić information content (AvgIpc) is 2.68. The van der Waals surface area contributed by atoms with E-state index in [1.165, 1.54) is 12.1 Å². The molecule has 2 aromatic carbocycles. The molecule has 0 aliphatic rings. The molecule has 0 aliphatic carbocycles. The van der Waals surface area contributed by atoms with E-state index < -0.39 is 6.10 Å². The number of hydrogen-bond acceptors (Lipinski definition) is 5. The Bertz CT molecular complexity index is 736. The smallest absolute Gasteiger partial charge is 0.305 e. The molecule has 1 N–H and O–H groups in total. The van der Waals surface area contributed by atoms with Crippen molar-refractivity contribution in [3.05, 3.63) is 65.5 Å². The molecular weight excluding hydrogens is 361 g/mol. The van der Waals surface area contributed by atoms with Crippen LogP contribution in [0.2, 0.25) is 0 Å². The summed E-state index contributed by atoms with van der Waals surface area (Å²) in [5.74, 6) is 0.165. The molecule has 152 valence electrons. The molecular formula is C22H28FNO4.